The highest BCUT2D eigenvalue weighted by Gasteiger charge is 2.36. The minimum absolute atomic E-state index is 0.125. The molecule has 0 fully saturated rings. The third kappa shape index (κ3) is 3.11. The second-order valence-electron chi connectivity index (χ2n) is 10.4. The van der Waals surface area contributed by atoms with Crippen LogP contribution in [0.15, 0.2) is 91.0 Å². The van der Waals surface area contributed by atoms with Crippen molar-refractivity contribution in [2.75, 3.05) is 0 Å². The monoisotopic (exact) mass is 482 g/mol. The van der Waals surface area contributed by atoms with Crippen LogP contribution in [-0.2, 0) is 11.8 Å². The summed E-state index contributed by atoms with van der Waals surface area (Å²) >= 11 is 1.94. The van der Waals surface area contributed by atoms with Crippen LogP contribution >= 0.6 is 11.3 Å². The number of thiophene rings is 1. The molecule has 7 rings (SSSR count). The van der Waals surface area contributed by atoms with E-state index in [2.05, 4.69) is 92.7 Å². The molecule has 1 nitrogen and oxygen atoms in total. The number of hydrogen-bond acceptors (Lipinski definition) is 2. The first kappa shape index (κ1) is 21.5. The molecule has 1 heterocycles. The molecule has 0 aliphatic heterocycles. The third-order valence-corrected chi connectivity index (χ3v) is 9.26. The summed E-state index contributed by atoms with van der Waals surface area (Å²) in [6, 6.07) is 29.9. The highest BCUT2D eigenvalue weighted by atomic mass is 32.1. The van der Waals surface area contributed by atoms with Gasteiger partial charge in [0.05, 0.1) is 0 Å². The van der Waals surface area contributed by atoms with Crippen LogP contribution in [0.4, 0.5) is 0 Å². The molecular formula is C34H26OS. The van der Waals surface area contributed by atoms with Gasteiger partial charge in [0.1, 0.15) is 0 Å². The lowest BCUT2D eigenvalue weighted by atomic mass is 9.68. The Labute approximate surface area is 215 Å². The van der Waals surface area contributed by atoms with Crippen LogP contribution < -0.4 is 0 Å². The van der Waals surface area contributed by atoms with Gasteiger partial charge in [-0.05, 0) is 63.9 Å². The molecule has 174 valence electrons. The molecular weight excluding hydrogens is 456 g/mol. The predicted octanol–water partition coefficient (Wildman–Crippen LogP) is 9.06. The standard InChI is InChI=1S/C34H26OS/c1-34(2)29-15-5-3-12-27(29)32(35)28-20-22(17-18-30(28)34)21-9-7-10-23(19-21)24-13-8-14-26-25-11-4-6-16-31(25)36-33(24)26/h3-5,7-15,17-20H,6,16H2,1-2H3. The Kier molecular flexibility index (Phi) is 4.71. The van der Waals surface area contributed by atoms with Gasteiger partial charge in [0, 0.05) is 31.5 Å². The van der Waals surface area contributed by atoms with Crippen LogP contribution in [-0.4, -0.2) is 5.78 Å². The zero-order valence-electron chi connectivity index (χ0n) is 20.5. The van der Waals surface area contributed by atoms with E-state index in [4.69, 9.17) is 0 Å². The zero-order chi connectivity index (χ0) is 24.4. The maximum Gasteiger partial charge on any atom is 0.193 e. The first-order chi connectivity index (χ1) is 17.5. The number of benzene rings is 4. The van der Waals surface area contributed by atoms with Crippen LogP contribution in [0.1, 0.15) is 57.8 Å². The Bertz CT molecular complexity index is 1730. The molecule has 2 aliphatic carbocycles. The summed E-state index contributed by atoms with van der Waals surface area (Å²) in [6.07, 6.45) is 6.84. The molecule has 2 aliphatic rings. The van der Waals surface area contributed by atoms with E-state index in [9.17, 15) is 4.79 Å². The van der Waals surface area contributed by atoms with E-state index < -0.39 is 0 Å². The van der Waals surface area contributed by atoms with Gasteiger partial charge in [0.25, 0.3) is 0 Å². The molecule has 36 heavy (non-hydrogen) atoms. The lowest BCUT2D eigenvalue weighted by molar-refractivity contribution is 0.103. The molecule has 0 atom stereocenters. The van der Waals surface area contributed by atoms with Crippen molar-refractivity contribution in [3.8, 4) is 22.3 Å². The van der Waals surface area contributed by atoms with Gasteiger partial charge >= 0.3 is 0 Å². The van der Waals surface area contributed by atoms with Crippen molar-refractivity contribution < 1.29 is 4.79 Å². The van der Waals surface area contributed by atoms with Gasteiger partial charge in [-0.1, -0.05) is 98.8 Å². The average molecular weight is 483 g/mol. The Morgan fingerprint density at radius 2 is 1.47 bits per heavy atom. The molecule has 0 amide bonds. The quantitative estimate of drug-likeness (QED) is 0.245. The average Bonchev–Trinajstić information content (AvgIpc) is 3.31. The smallest absolute Gasteiger partial charge is 0.193 e. The van der Waals surface area contributed by atoms with Gasteiger partial charge in [0.15, 0.2) is 5.78 Å². The summed E-state index contributed by atoms with van der Waals surface area (Å²) < 4.78 is 1.37. The fourth-order valence-corrected chi connectivity index (χ4v) is 7.38. The molecule has 0 saturated heterocycles. The van der Waals surface area contributed by atoms with Crippen LogP contribution in [0.5, 0.6) is 0 Å². The number of allylic oxidation sites excluding steroid dienone is 1. The van der Waals surface area contributed by atoms with Gasteiger partial charge in [-0.25, -0.2) is 0 Å². The zero-order valence-corrected chi connectivity index (χ0v) is 21.3. The molecule has 0 unspecified atom stereocenters. The summed E-state index contributed by atoms with van der Waals surface area (Å²) in [6.45, 7) is 4.43. The summed E-state index contributed by atoms with van der Waals surface area (Å²) in [4.78, 5) is 15.0. The van der Waals surface area contributed by atoms with Crippen molar-refractivity contribution in [1.82, 2.24) is 0 Å². The van der Waals surface area contributed by atoms with E-state index in [0.29, 0.717) is 0 Å². The van der Waals surface area contributed by atoms with E-state index in [0.717, 1.165) is 46.2 Å². The topological polar surface area (TPSA) is 17.1 Å². The van der Waals surface area contributed by atoms with Gasteiger partial charge in [-0.15, -0.1) is 11.3 Å². The number of rotatable bonds is 2. The number of hydrogen-bond donors (Lipinski definition) is 0. The van der Waals surface area contributed by atoms with Crippen molar-refractivity contribution in [2.45, 2.75) is 32.1 Å². The number of ketones is 1. The maximum atomic E-state index is 13.5. The van der Waals surface area contributed by atoms with Crippen LogP contribution in [0, 0.1) is 0 Å². The molecule has 0 N–H and O–H groups in total. The minimum Gasteiger partial charge on any atom is -0.289 e. The van der Waals surface area contributed by atoms with Gasteiger partial charge in [0.2, 0.25) is 0 Å². The molecule has 1 aromatic heterocycles. The second-order valence-corrected chi connectivity index (χ2v) is 11.5. The highest BCUT2D eigenvalue weighted by Crippen LogP contribution is 2.44. The Morgan fingerprint density at radius 1 is 0.722 bits per heavy atom. The highest BCUT2D eigenvalue weighted by molar-refractivity contribution is 7.20. The van der Waals surface area contributed by atoms with E-state index in [1.54, 1.807) is 0 Å². The first-order valence-corrected chi connectivity index (χ1v) is 13.4. The van der Waals surface area contributed by atoms with E-state index in [1.165, 1.54) is 31.7 Å². The molecule has 0 radical (unpaired) electrons. The Hall–Kier alpha value is -3.75. The van der Waals surface area contributed by atoms with Crippen LogP contribution in [0.25, 0.3) is 38.4 Å². The van der Waals surface area contributed by atoms with Gasteiger partial charge in [-0.3, -0.25) is 4.79 Å². The number of carbonyl (C=O) groups excluding carboxylic acids is 1. The van der Waals surface area contributed by atoms with E-state index in [-0.39, 0.29) is 11.2 Å². The Morgan fingerprint density at radius 3 is 2.39 bits per heavy atom. The molecule has 2 heteroatoms. The van der Waals surface area contributed by atoms with Crippen molar-refractivity contribution in [3.63, 3.8) is 0 Å². The lowest BCUT2D eigenvalue weighted by Crippen LogP contribution is -2.30. The van der Waals surface area contributed by atoms with Crippen LogP contribution in [0.2, 0.25) is 0 Å². The molecule has 5 aromatic rings. The summed E-state index contributed by atoms with van der Waals surface area (Å²) in [5.41, 5.74) is 9.77. The van der Waals surface area contributed by atoms with Gasteiger partial charge < -0.3 is 0 Å². The maximum absolute atomic E-state index is 13.5. The summed E-state index contributed by atoms with van der Waals surface area (Å²) in [7, 11) is 0. The van der Waals surface area contributed by atoms with Crippen molar-refractivity contribution in [2.24, 2.45) is 0 Å². The van der Waals surface area contributed by atoms with Crippen LogP contribution in [0.3, 0.4) is 0 Å². The number of fused-ring (bicyclic) bond motifs is 5. The summed E-state index contributed by atoms with van der Waals surface area (Å²) in [5.74, 6) is 0.125. The number of aryl methyl sites for hydroxylation is 1. The van der Waals surface area contributed by atoms with Gasteiger partial charge in [-0.2, -0.15) is 0 Å². The van der Waals surface area contributed by atoms with Crippen molar-refractivity contribution in [3.05, 3.63) is 124 Å². The lowest BCUT2D eigenvalue weighted by Gasteiger charge is -2.34. The van der Waals surface area contributed by atoms with Crippen molar-refractivity contribution >= 4 is 33.3 Å². The second kappa shape index (κ2) is 7.88. The normalized spacial score (nSPS) is 15.4. The molecule has 0 bridgehead atoms. The molecule has 0 saturated carbocycles. The third-order valence-electron chi connectivity index (χ3n) is 7.94. The van der Waals surface area contributed by atoms with E-state index in [1.807, 2.05) is 29.5 Å². The fraction of sp³-hybridized carbons (Fsp3) is 0.147. The minimum atomic E-state index is -0.206. The SMILES string of the molecule is CC1(C)c2ccccc2C(=O)c2cc(-c3cccc(-c4cccc5c6c(sc45)CCC=C6)c3)ccc21. The fourth-order valence-electron chi connectivity index (χ4n) is 6.04. The predicted molar refractivity (Wildman–Crippen MR) is 152 cm³/mol. The largest absolute Gasteiger partial charge is 0.289 e. The Balaban J connectivity index is 1.34. The first-order valence-electron chi connectivity index (χ1n) is 12.6. The van der Waals surface area contributed by atoms with Crippen molar-refractivity contribution in [1.29, 1.82) is 0 Å². The molecule has 0 spiro atoms. The molecule has 4 aromatic carbocycles. The number of carbonyl (C=O) groups is 1. The summed E-state index contributed by atoms with van der Waals surface area (Å²) in [5, 5.41) is 1.36. The van der Waals surface area contributed by atoms with E-state index >= 15 is 0 Å².